The molecule has 0 aliphatic carbocycles. The Morgan fingerprint density at radius 2 is 1.74 bits per heavy atom. The van der Waals surface area contributed by atoms with Crippen LogP contribution in [0.1, 0.15) is 16.1 Å². The second-order valence-corrected chi connectivity index (χ2v) is 8.77. The van der Waals surface area contributed by atoms with Crippen LogP contribution in [0.25, 0.3) is 27.8 Å². The van der Waals surface area contributed by atoms with E-state index >= 15 is 0 Å². The van der Waals surface area contributed by atoms with Gasteiger partial charge in [-0.05, 0) is 42.3 Å². The van der Waals surface area contributed by atoms with Crippen LogP contribution in [0.4, 0.5) is 5.82 Å². The first kappa shape index (κ1) is 21.2. The summed E-state index contributed by atoms with van der Waals surface area (Å²) in [7, 11) is 0. The van der Waals surface area contributed by atoms with Gasteiger partial charge in [-0.15, -0.1) is 0 Å². The third kappa shape index (κ3) is 3.85. The highest BCUT2D eigenvalue weighted by atomic mass is 16.3. The van der Waals surface area contributed by atoms with E-state index in [1.165, 1.54) is 11.8 Å². The quantitative estimate of drug-likeness (QED) is 0.377. The first-order valence-corrected chi connectivity index (χ1v) is 11.8. The van der Waals surface area contributed by atoms with Crippen LogP contribution in [-0.4, -0.2) is 51.5 Å². The van der Waals surface area contributed by atoms with Gasteiger partial charge in [-0.2, -0.15) is 0 Å². The molecule has 7 heteroatoms. The van der Waals surface area contributed by atoms with Crippen molar-refractivity contribution in [1.82, 2.24) is 19.4 Å². The highest BCUT2D eigenvalue weighted by Gasteiger charge is 2.27. The largest absolute Gasteiger partial charge is 0.459 e. The van der Waals surface area contributed by atoms with E-state index in [1.807, 2.05) is 23.1 Å². The lowest BCUT2D eigenvalue weighted by molar-refractivity contribution is 0.0714. The van der Waals surface area contributed by atoms with Crippen LogP contribution in [0.5, 0.6) is 0 Å². The first-order valence-electron chi connectivity index (χ1n) is 11.8. The standard InChI is InChI=1S/C28H25N5O2/c1-20-7-5-10-22(17-20)33-18-23(21-8-3-2-4-9-21)25-26(29-19-30-27(25)33)31-12-14-32(15-13-31)28(34)24-11-6-16-35-24/h2-11,16-19H,12-15H2,1H3. The second kappa shape index (κ2) is 8.76. The maximum Gasteiger partial charge on any atom is 0.289 e. The number of furan rings is 1. The lowest BCUT2D eigenvalue weighted by atomic mass is 10.1. The number of amides is 1. The van der Waals surface area contributed by atoms with Gasteiger partial charge in [0, 0.05) is 43.6 Å². The lowest BCUT2D eigenvalue weighted by Gasteiger charge is -2.35. The Bertz CT molecular complexity index is 1480. The van der Waals surface area contributed by atoms with Crippen LogP contribution in [0.2, 0.25) is 0 Å². The molecule has 5 aromatic rings. The van der Waals surface area contributed by atoms with Gasteiger partial charge in [-0.25, -0.2) is 9.97 Å². The molecule has 7 nitrogen and oxygen atoms in total. The van der Waals surface area contributed by atoms with E-state index in [9.17, 15) is 4.79 Å². The lowest BCUT2D eigenvalue weighted by Crippen LogP contribution is -2.49. The van der Waals surface area contributed by atoms with Crippen molar-refractivity contribution in [3.8, 4) is 16.8 Å². The molecule has 0 radical (unpaired) electrons. The Morgan fingerprint density at radius 3 is 2.49 bits per heavy atom. The molecule has 1 aliphatic rings. The molecular weight excluding hydrogens is 438 g/mol. The van der Waals surface area contributed by atoms with Crippen LogP contribution in [0.15, 0.2) is 89.9 Å². The van der Waals surface area contributed by atoms with Crippen LogP contribution in [0, 0.1) is 6.92 Å². The zero-order valence-electron chi connectivity index (χ0n) is 19.5. The Hall–Kier alpha value is -4.39. The number of hydrogen-bond acceptors (Lipinski definition) is 5. The van der Waals surface area contributed by atoms with Crippen molar-refractivity contribution in [2.75, 3.05) is 31.1 Å². The van der Waals surface area contributed by atoms with E-state index in [4.69, 9.17) is 14.4 Å². The Kier molecular flexibility index (Phi) is 5.29. The number of piperazine rings is 1. The summed E-state index contributed by atoms with van der Waals surface area (Å²) in [6.45, 7) is 4.66. The molecule has 174 valence electrons. The van der Waals surface area contributed by atoms with Crippen LogP contribution < -0.4 is 4.90 Å². The molecule has 2 aromatic carbocycles. The normalized spacial score (nSPS) is 14.0. The molecule has 1 amide bonds. The summed E-state index contributed by atoms with van der Waals surface area (Å²) in [6.07, 6.45) is 5.33. The molecule has 0 saturated carbocycles. The molecule has 3 aromatic heterocycles. The van der Waals surface area contributed by atoms with Gasteiger partial charge < -0.3 is 18.8 Å². The minimum Gasteiger partial charge on any atom is -0.459 e. The predicted octanol–water partition coefficient (Wildman–Crippen LogP) is 4.95. The number of aromatic nitrogens is 3. The SMILES string of the molecule is Cc1cccc(-n2cc(-c3ccccc3)c3c(N4CCN(C(=O)c5ccco5)CC4)ncnc32)c1. The number of fused-ring (bicyclic) bond motifs is 1. The molecule has 35 heavy (non-hydrogen) atoms. The molecule has 6 rings (SSSR count). The minimum atomic E-state index is -0.0712. The number of benzene rings is 2. The van der Waals surface area contributed by atoms with E-state index in [1.54, 1.807) is 18.5 Å². The fourth-order valence-electron chi connectivity index (χ4n) is 4.77. The van der Waals surface area contributed by atoms with Crippen LogP contribution in [0.3, 0.4) is 0 Å². The summed E-state index contributed by atoms with van der Waals surface area (Å²) in [5.74, 6) is 1.20. The Morgan fingerprint density at radius 1 is 0.914 bits per heavy atom. The number of rotatable bonds is 4. The molecule has 0 N–H and O–H groups in total. The fraction of sp³-hybridized carbons (Fsp3) is 0.179. The zero-order chi connectivity index (χ0) is 23.8. The molecule has 0 atom stereocenters. The van der Waals surface area contributed by atoms with Gasteiger partial charge in [0.15, 0.2) is 11.4 Å². The molecular formula is C28H25N5O2. The average Bonchev–Trinajstić information content (AvgIpc) is 3.58. The maximum absolute atomic E-state index is 12.7. The summed E-state index contributed by atoms with van der Waals surface area (Å²) in [4.78, 5) is 26.3. The van der Waals surface area contributed by atoms with E-state index < -0.39 is 0 Å². The van der Waals surface area contributed by atoms with E-state index in [0.29, 0.717) is 31.9 Å². The second-order valence-electron chi connectivity index (χ2n) is 8.77. The Balaban J connectivity index is 1.41. The van der Waals surface area contributed by atoms with Gasteiger partial charge in [0.25, 0.3) is 5.91 Å². The fourth-order valence-corrected chi connectivity index (χ4v) is 4.77. The van der Waals surface area contributed by atoms with Crippen LogP contribution in [-0.2, 0) is 0 Å². The third-order valence-electron chi connectivity index (χ3n) is 6.53. The number of carbonyl (C=O) groups is 1. The van der Waals surface area contributed by atoms with Crippen molar-refractivity contribution in [3.63, 3.8) is 0 Å². The van der Waals surface area contributed by atoms with Gasteiger partial charge in [0.1, 0.15) is 12.1 Å². The minimum absolute atomic E-state index is 0.0712. The topological polar surface area (TPSA) is 67.4 Å². The monoisotopic (exact) mass is 463 g/mol. The van der Waals surface area contributed by atoms with Crippen LogP contribution >= 0.6 is 0 Å². The van der Waals surface area contributed by atoms with Crippen molar-refractivity contribution in [2.45, 2.75) is 6.92 Å². The maximum atomic E-state index is 12.7. The van der Waals surface area contributed by atoms with Crippen molar-refractivity contribution in [2.24, 2.45) is 0 Å². The van der Waals surface area contributed by atoms with Gasteiger partial charge in [0.05, 0.1) is 11.6 Å². The van der Waals surface area contributed by atoms with Crippen molar-refractivity contribution in [3.05, 3.63) is 96.8 Å². The molecule has 1 aliphatic heterocycles. The summed E-state index contributed by atoms with van der Waals surface area (Å²) in [5.41, 5.74) is 5.33. The highest BCUT2D eigenvalue weighted by Crippen LogP contribution is 2.37. The zero-order valence-corrected chi connectivity index (χ0v) is 19.5. The van der Waals surface area contributed by atoms with Gasteiger partial charge in [-0.3, -0.25) is 4.79 Å². The van der Waals surface area contributed by atoms with Gasteiger partial charge in [-0.1, -0.05) is 42.5 Å². The third-order valence-corrected chi connectivity index (χ3v) is 6.53. The van der Waals surface area contributed by atoms with Gasteiger partial charge in [0.2, 0.25) is 0 Å². The average molecular weight is 464 g/mol. The molecule has 0 spiro atoms. The number of anilines is 1. The van der Waals surface area contributed by atoms with E-state index in [2.05, 4.69) is 59.0 Å². The van der Waals surface area contributed by atoms with Crippen molar-refractivity contribution < 1.29 is 9.21 Å². The summed E-state index contributed by atoms with van der Waals surface area (Å²) < 4.78 is 7.45. The number of carbonyl (C=O) groups excluding carboxylic acids is 1. The van der Waals surface area contributed by atoms with Crippen molar-refractivity contribution >= 4 is 22.8 Å². The predicted molar refractivity (Wildman–Crippen MR) is 136 cm³/mol. The number of nitrogens with zero attached hydrogens (tertiary/aromatic N) is 5. The van der Waals surface area contributed by atoms with E-state index in [-0.39, 0.29) is 5.91 Å². The van der Waals surface area contributed by atoms with Gasteiger partial charge >= 0.3 is 0 Å². The summed E-state index contributed by atoms with van der Waals surface area (Å²) in [5, 5.41) is 1.02. The molecule has 0 unspecified atom stereocenters. The smallest absolute Gasteiger partial charge is 0.289 e. The summed E-state index contributed by atoms with van der Waals surface area (Å²) >= 11 is 0. The van der Waals surface area contributed by atoms with Crippen molar-refractivity contribution in [1.29, 1.82) is 0 Å². The molecule has 1 saturated heterocycles. The molecule has 4 heterocycles. The first-order chi connectivity index (χ1) is 17.2. The Labute approximate surface area is 203 Å². The molecule has 0 bridgehead atoms. The van der Waals surface area contributed by atoms with E-state index in [0.717, 1.165) is 33.7 Å². The molecule has 1 fully saturated rings. The summed E-state index contributed by atoms with van der Waals surface area (Å²) in [6, 6.07) is 22.2. The number of hydrogen-bond donors (Lipinski definition) is 0. The number of aryl methyl sites for hydroxylation is 1. The highest BCUT2D eigenvalue weighted by molar-refractivity contribution is 6.02.